The monoisotopic (exact) mass is 226 g/mol. The minimum Gasteiger partial charge on any atom is -0.368 e. The van der Waals surface area contributed by atoms with Gasteiger partial charge in [0.15, 0.2) is 0 Å². The van der Waals surface area contributed by atoms with Crippen molar-refractivity contribution in [1.82, 2.24) is 5.32 Å². The third-order valence-electron chi connectivity index (χ3n) is 2.25. The Morgan fingerprint density at radius 1 is 1.53 bits per heavy atom. The number of rotatable bonds is 5. The highest BCUT2D eigenvalue weighted by atomic mass is 35.5. The number of hydrogen-bond donors (Lipinski definition) is 2. The molecule has 1 unspecified atom stereocenters. The summed E-state index contributed by atoms with van der Waals surface area (Å²) in [4.78, 5) is 11.0. The van der Waals surface area contributed by atoms with E-state index in [4.69, 9.17) is 17.3 Å². The van der Waals surface area contributed by atoms with E-state index in [0.717, 1.165) is 5.56 Å². The number of amides is 1. The number of nitrogens with one attached hydrogen (secondary N) is 1. The van der Waals surface area contributed by atoms with E-state index < -0.39 is 0 Å². The van der Waals surface area contributed by atoms with Crippen molar-refractivity contribution < 1.29 is 4.79 Å². The lowest BCUT2D eigenvalue weighted by atomic mass is 10.2. The normalized spacial score (nSPS) is 12.4. The summed E-state index contributed by atoms with van der Waals surface area (Å²) >= 11 is 5.97. The highest BCUT2D eigenvalue weighted by molar-refractivity contribution is 6.31. The van der Waals surface area contributed by atoms with Crippen molar-refractivity contribution in [3.8, 4) is 0 Å². The molecule has 1 aromatic rings. The Labute approximate surface area is 94.6 Å². The summed E-state index contributed by atoms with van der Waals surface area (Å²) in [6.07, 6.45) is 0.680. The fourth-order valence-corrected chi connectivity index (χ4v) is 1.52. The Bertz CT molecular complexity index is 341. The number of carbonyl (C=O) groups excluding carboxylic acids is 1. The number of carbonyl (C=O) groups is 1. The van der Waals surface area contributed by atoms with Crippen molar-refractivity contribution in [2.45, 2.75) is 25.9 Å². The van der Waals surface area contributed by atoms with E-state index in [-0.39, 0.29) is 11.9 Å². The standard InChI is InChI=1S/C11H15ClN2O/c1-2-10(11(13)15)14-7-8-5-3-4-6-9(8)12/h3-6,10,14H,2,7H2,1H3,(H2,13,15). The van der Waals surface area contributed by atoms with Crippen molar-refractivity contribution in [1.29, 1.82) is 0 Å². The van der Waals surface area contributed by atoms with E-state index in [1.165, 1.54) is 0 Å². The Kier molecular flexibility index (Phi) is 4.59. The molecule has 4 heteroatoms. The van der Waals surface area contributed by atoms with Gasteiger partial charge in [-0.2, -0.15) is 0 Å². The maximum Gasteiger partial charge on any atom is 0.234 e. The van der Waals surface area contributed by atoms with Crippen molar-refractivity contribution in [3.63, 3.8) is 0 Å². The molecule has 0 spiro atoms. The number of halogens is 1. The van der Waals surface area contributed by atoms with E-state index in [1.807, 2.05) is 31.2 Å². The van der Waals surface area contributed by atoms with E-state index >= 15 is 0 Å². The van der Waals surface area contributed by atoms with Crippen LogP contribution in [0, 0.1) is 0 Å². The zero-order valence-electron chi connectivity index (χ0n) is 8.66. The molecule has 0 aliphatic carbocycles. The van der Waals surface area contributed by atoms with Crippen LogP contribution in [0.15, 0.2) is 24.3 Å². The molecule has 0 saturated carbocycles. The molecule has 0 aromatic heterocycles. The van der Waals surface area contributed by atoms with Gasteiger partial charge < -0.3 is 11.1 Å². The molecule has 3 nitrogen and oxygen atoms in total. The first-order valence-corrected chi connectivity index (χ1v) is 5.29. The third-order valence-corrected chi connectivity index (χ3v) is 2.62. The lowest BCUT2D eigenvalue weighted by Crippen LogP contribution is -2.40. The molecule has 0 bridgehead atoms. The van der Waals surface area contributed by atoms with E-state index in [9.17, 15) is 4.79 Å². The molecule has 0 radical (unpaired) electrons. The first-order valence-electron chi connectivity index (χ1n) is 4.91. The van der Waals surface area contributed by atoms with Gasteiger partial charge in [0.05, 0.1) is 6.04 Å². The molecule has 1 aromatic carbocycles. The number of primary amides is 1. The molecule has 1 rings (SSSR count). The van der Waals surface area contributed by atoms with Gasteiger partial charge in [0.1, 0.15) is 0 Å². The molecular weight excluding hydrogens is 212 g/mol. The Morgan fingerprint density at radius 3 is 2.73 bits per heavy atom. The van der Waals surface area contributed by atoms with Gasteiger partial charge in [0.25, 0.3) is 0 Å². The van der Waals surface area contributed by atoms with Gasteiger partial charge in [0, 0.05) is 11.6 Å². The Hall–Kier alpha value is -1.06. The van der Waals surface area contributed by atoms with Crippen molar-refractivity contribution in [2.75, 3.05) is 0 Å². The molecule has 1 amide bonds. The third kappa shape index (κ3) is 3.53. The van der Waals surface area contributed by atoms with Gasteiger partial charge in [0.2, 0.25) is 5.91 Å². The van der Waals surface area contributed by atoms with Gasteiger partial charge in [-0.3, -0.25) is 4.79 Å². The second-order valence-corrected chi connectivity index (χ2v) is 3.74. The smallest absolute Gasteiger partial charge is 0.234 e. The van der Waals surface area contributed by atoms with E-state index in [1.54, 1.807) is 0 Å². The molecule has 82 valence electrons. The number of nitrogens with two attached hydrogens (primary N) is 1. The molecule has 1 atom stereocenters. The van der Waals surface area contributed by atoms with E-state index in [0.29, 0.717) is 18.0 Å². The maximum absolute atomic E-state index is 11.0. The Morgan fingerprint density at radius 2 is 2.20 bits per heavy atom. The predicted molar refractivity (Wildman–Crippen MR) is 61.6 cm³/mol. The van der Waals surface area contributed by atoms with Crippen LogP contribution in [0.1, 0.15) is 18.9 Å². The fourth-order valence-electron chi connectivity index (χ4n) is 1.32. The number of hydrogen-bond acceptors (Lipinski definition) is 2. The van der Waals surface area contributed by atoms with Crippen molar-refractivity contribution >= 4 is 17.5 Å². The van der Waals surface area contributed by atoms with Crippen LogP contribution in [-0.2, 0) is 11.3 Å². The topological polar surface area (TPSA) is 55.1 Å². The van der Waals surface area contributed by atoms with Crippen LogP contribution >= 0.6 is 11.6 Å². The zero-order chi connectivity index (χ0) is 11.3. The minimum absolute atomic E-state index is 0.290. The van der Waals surface area contributed by atoms with Crippen LogP contribution in [-0.4, -0.2) is 11.9 Å². The molecule has 0 saturated heterocycles. The van der Waals surface area contributed by atoms with Crippen LogP contribution in [0.5, 0.6) is 0 Å². The molecule has 0 aliphatic rings. The highest BCUT2D eigenvalue weighted by Crippen LogP contribution is 2.14. The number of benzene rings is 1. The summed E-state index contributed by atoms with van der Waals surface area (Å²) in [7, 11) is 0. The van der Waals surface area contributed by atoms with Gasteiger partial charge in [-0.15, -0.1) is 0 Å². The quantitative estimate of drug-likeness (QED) is 0.803. The second-order valence-electron chi connectivity index (χ2n) is 3.34. The lowest BCUT2D eigenvalue weighted by Gasteiger charge is -2.13. The summed E-state index contributed by atoms with van der Waals surface area (Å²) in [6.45, 7) is 2.47. The predicted octanol–water partition coefficient (Wildman–Crippen LogP) is 1.69. The van der Waals surface area contributed by atoms with Gasteiger partial charge >= 0.3 is 0 Å². The average molecular weight is 227 g/mol. The Balaban J connectivity index is 2.56. The molecule has 0 fully saturated rings. The van der Waals surface area contributed by atoms with E-state index in [2.05, 4.69) is 5.32 Å². The van der Waals surface area contributed by atoms with Crippen LogP contribution in [0.4, 0.5) is 0 Å². The van der Waals surface area contributed by atoms with Crippen molar-refractivity contribution in [3.05, 3.63) is 34.9 Å². The molecule has 3 N–H and O–H groups in total. The van der Waals surface area contributed by atoms with Crippen LogP contribution in [0.3, 0.4) is 0 Å². The summed E-state index contributed by atoms with van der Waals surface area (Å²) in [5.41, 5.74) is 6.19. The maximum atomic E-state index is 11.0. The largest absolute Gasteiger partial charge is 0.368 e. The zero-order valence-corrected chi connectivity index (χ0v) is 9.42. The van der Waals surface area contributed by atoms with Crippen LogP contribution < -0.4 is 11.1 Å². The SMILES string of the molecule is CCC(NCc1ccccc1Cl)C(N)=O. The minimum atomic E-state index is -0.329. The van der Waals surface area contributed by atoms with Gasteiger partial charge in [-0.1, -0.05) is 36.7 Å². The van der Waals surface area contributed by atoms with Crippen molar-refractivity contribution in [2.24, 2.45) is 5.73 Å². The van der Waals surface area contributed by atoms with Gasteiger partial charge in [-0.25, -0.2) is 0 Å². The molecule has 0 heterocycles. The highest BCUT2D eigenvalue weighted by Gasteiger charge is 2.11. The summed E-state index contributed by atoms with van der Waals surface area (Å²) < 4.78 is 0. The first-order chi connectivity index (χ1) is 7.15. The average Bonchev–Trinajstić information content (AvgIpc) is 2.21. The van der Waals surface area contributed by atoms with Crippen LogP contribution in [0.25, 0.3) is 0 Å². The fraction of sp³-hybridized carbons (Fsp3) is 0.364. The summed E-state index contributed by atoms with van der Waals surface area (Å²) in [6, 6.07) is 7.24. The first kappa shape index (κ1) is 12.0. The molecular formula is C11H15ClN2O. The summed E-state index contributed by atoms with van der Waals surface area (Å²) in [5.74, 6) is -0.329. The van der Waals surface area contributed by atoms with Crippen LogP contribution in [0.2, 0.25) is 5.02 Å². The molecule has 15 heavy (non-hydrogen) atoms. The van der Waals surface area contributed by atoms with Gasteiger partial charge in [-0.05, 0) is 18.1 Å². The lowest BCUT2D eigenvalue weighted by molar-refractivity contribution is -0.120. The second kappa shape index (κ2) is 5.73. The molecule has 0 aliphatic heterocycles. The summed E-state index contributed by atoms with van der Waals surface area (Å²) in [5, 5.41) is 3.77.